The number of amides is 1. The van der Waals surface area contributed by atoms with Gasteiger partial charge in [0.2, 0.25) is 0 Å². The second kappa shape index (κ2) is 7.37. The largest absolute Gasteiger partial charge is 0.478 e. The molecule has 0 spiro atoms. The Morgan fingerprint density at radius 2 is 1.48 bits per heavy atom. The van der Waals surface area contributed by atoms with Gasteiger partial charge in [0.05, 0.1) is 11.1 Å². The highest BCUT2D eigenvalue weighted by molar-refractivity contribution is 6.10. The minimum absolute atomic E-state index is 0.188. The number of benzene rings is 3. The molecule has 0 unspecified atom stereocenters. The van der Waals surface area contributed by atoms with Crippen LogP contribution in [0.3, 0.4) is 0 Å². The number of hydrogen-bond acceptors (Lipinski definition) is 2. The maximum Gasteiger partial charge on any atom is 0.336 e. The Morgan fingerprint density at radius 1 is 0.852 bits per heavy atom. The Hall–Kier alpha value is -3.54. The number of nitrogens with one attached hydrogen (secondary N) is 1. The number of aryl methyl sites for hydroxylation is 1. The van der Waals surface area contributed by atoms with Crippen molar-refractivity contribution in [3.63, 3.8) is 0 Å². The van der Waals surface area contributed by atoms with Crippen molar-refractivity contribution in [2.24, 2.45) is 0 Å². The Morgan fingerprint density at radius 3 is 2.07 bits per heavy atom. The second-order valence-corrected chi connectivity index (χ2v) is 5.99. The summed E-state index contributed by atoms with van der Waals surface area (Å²) in [5, 5.41) is 11.3. The molecule has 0 saturated heterocycles. The monoisotopic (exact) mass is 367 g/mol. The van der Waals surface area contributed by atoms with Gasteiger partial charge in [0.25, 0.3) is 5.91 Å². The van der Waals surface area contributed by atoms with E-state index in [4.69, 9.17) is 5.11 Å². The highest BCUT2D eigenvalue weighted by Crippen LogP contribution is 2.28. The van der Waals surface area contributed by atoms with Gasteiger partial charge in [0.15, 0.2) is 0 Å². The number of carbonyl (C=O) groups is 2. The lowest BCUT2D eigenvalue weighted by molar-refractivity contribution is 0.0692. The van der Waals surface area contributed by atoms with Crippen molar-refractivity contribution < 1.29 is 23.5 Å². The maximum absolute atomic E-state index is 14.5. The van der Waals surface area contributed by atoms with Gasteiger partial charge in [0.1, 0.15) is 17.3 Å². The molecule has 0 atom stereocenters. The summed E-state index contributed by atoms with van der Waals surface area (Å²) in [5.41, 5.74) is 0.839. The molecule has 0 bridgehead atoms. The van der Waals surface area contributed by atoms with E-state index in [1.165, 1.54) is 24.3 Å². The molecule has 6 heteroatoms. The average Bonchev–Trinajstić information content (AvgIpc) is 2.64. The highest BCUT2D eigenvalue weighted by atomic mass is 19.1. The molecule has 3 rings (SSSR count). The third kappa shape index (κ3) is 3.84. The van der Waals surface area contributed by atoms with Crippen LogP contribution in [-0.2, 0) is 0 Å². The van der Waals surface area contributed by atoms with E-state index in [2.05, 4.69) is 5.32 Å². The molecule has 3 aromatic carbocycles. The smallest absolute Gasteiger partial charge is 0.336 e. The summed E-state index contributed by atoms with van der Waals surface area (Å²) in [5.74, 6) is -4.12. The zero-order valence-electron chi connectivity index (χ0n) is 14.3. The number of rotatable bonds is 4. The average molecular weight is 367 g/mol. The van der Waals surface area contributed by atoms with Gasteiger partial charge in [-0.3, -0.25) is 4.79 Å². The summed E-state index contributed by atoms with van der Waals surface area (Å²) in [6.07, 6.45) is 0. The first kappa shape index (κ1) is 18.3. The Kier molecular flexibility index (Phi) is 4.98. The van der Waals surface area contributed by atoms with Crippen molar-refractivity contribution in [3.8, 4) is 11.1 Å². The first-order valence-corrected chi connectivity index (χ1v) is 8.06. The maximum atomic E-state index is 14.5. The van der Waals surface area contributed by atoms with Gasteiger partial charge in [0, 0.05) is 0 Å². The quantitative estimate of drug-likeness (QED) is 0.690. The van der Waals surface area contributed by atoms with Crippen LogP contribution in [0.25, 0.3) is 11.1 Å². The summed E-state index contributed by atoms with van der Waals surface area (Å²) >= 11 is 0. The molecule has 0 aromatic heterocycles. The summed E-state index contributed by atoms with van der Waals surface area (Å²) in [6.45, 7) is 1.87. The van der Waals surface area contributed by atoms with Crippen molar-refractivity contribution in [3.05, 3.63) is 89.0 Å². The van der Waals surface area contributed by atoms with E-state index in [0.717, 1.165) is 17.7 Å². The Labute approximate surface area is 154 Å². The van der Waals surface area contributed by atoms with Crippen LogP contribution < -0.4 is 5.32 Å². The van der Waals surface area contributed by atoms with Gasteiger partial charge in [-0.1, -0.05) is 42.0 Å². The van der Waals surface area contributed by atoms with Gasteiger partial charge in [-0.05, 0) is 42.3 Å². The van der Waals surface area contributed by atoms with E-state index in [1.807, 2.05) is 13.0 Å². The van der Waals surface area contributed by atoms with Crippen molar-refractivity contribution in [1.29, 1.82) is 0 Å². The number of carboxylic acid groups (broad SMARTS) is 1. The van der Waals surface area contributed by atoms with Crippen molar-refractivity contribution in [2.75, 3.05) is 5.32 Å². The van der Waals surface area contributed by atoms with Gasteiger partial charge >= 0.3 is 5.97 Å². The predicted octanol–water partition coefficient (Wildman–Crippen LogP) is 4.89. The van der Waals surface area contributed by atoms with Crippen LogP contribution in [0.4, 0.5) is 14.5 Å². The molecular weight excluding hydrogens is 352 g/mol. The van der Waals surface area contributed by atoms with Gasteiger partial charge in [-0.15, -0.1) is 0 Å². The topological polar surface area (TPSA) is 66.4 Å². The van der Waals surface area contributed by atoms with Crippen molar-refractivity contribution in [1.82, 2.24) is 0 Å². The van der Waals surface area contributed by atoms with E-state index in [1.54, 1.807) is 18.2 Å². The molecule has 136 valence electrons. The molecule has 1 amide bonds. The van der Waals surface area contributed by atoms with E-state index < -0.39 is 29.2 Å². The van der Waals surface area contributed by atoms with Crippen LogP contribution in [0.1, 0.15) is 26.3 Å². The lowest BCUT2D eigenvalue weighted by atomic mass is 10.0. The number of carboxylic acids is 1. The van der Waals surface area contributed by atoms with Crippen molar-refractivity contribution >= 4 is 17.6 Å². The molecule has 2 N–H and O–H groups in total. The standard InChI is InChI=1S/C21H15F2NO3/c1-12-5-4-6-13(9-12)14-10-17(22)19(18(23)11-14)24-20(25)15-7-2-3-8-16(15)21(26)27/h2-11H,1H3,(H,24,25)(H,26,27). The minimum Gasteiger partial charge on any atom is -0.478 e. The second-order valence-electron chi connectivity index (χ2n) is 5.99. The molecular formula is C21H15F2NO3. The highest BCUT2D eigenvalue weighted by Gasteiger charge is 2.20. The van der Waals surface area contributed by atoms with E-state index >= 15 is 0 Å². The zero-order valence-corrected chi connectivity index (χ0v) is 14.3. The number of anilines is 1. The predicted molar refractivity (Wildman–Crippen MR) is 97.9 cm³/mol. The normalized spacial score (nSPS) is 10.5. The van der Waals surface area contributed by atoms with E-state index in [9.17, 15) is 18.4 Å². The molecule has 0 saturated carbocycles. The molecule has 0 fully saturated rings. The summed E-state index contributed by atoms with van der Waals surface area (Å²) in [4.78, 5) is 23.5. The fourth-order valence-electron chi connectivity index (χ4n) is 2.73. The molecule has 4 nitrogen and oxygen atoms in total. The fraction of sp³-hybridized carbons (Fsp3) is 0.0476. The first-order valence-electron chi connectivity index (χ1n) is 8.06. The summed E-state index contributed by atoms with van der Waals surface area (Å²) in [6, 6.07) is 14.8. The lowest BCUT2D eigenvalue weighted by Crippen LogP contribution is -2.18. The van der Waals surface area contributed by atoms with Crippen LogP contribution in [0.2, 0.25) is 0 Å². The number of aromatic carboxylic acids is 1. The Balaban J connectivity index is 1.95. The Bertz CT molecular complexity index is 1020. The zero-order chi connectivity index (χ0) is 19.6. The number of hydrogen-bond donors (Lipinski definition) is 2. The minimum atomic E-state index is -1.31. The number of halogens is 2. The molecule has 0 radical (unpaired) electrons. The van der Waals surface area contributed by atoms with Crippen molar-refractivity contribution in [2.45, 2.75) is 6.92 Å². The van der Waals surface area contributed by atoms with E-state index in [0.29, 0.717) is 11.1 Å². The summed E-state index contributed by atoms with van der Waals surface area (Å²) in [7, 11) is 0. The first-order chi connectivity index (χ1) is 12.9. The number of carbonyl (C=O) groups excluding carboxylic acids is 1. The SMILES string of the molecule is Cc1cccc(-c2cc(F)c(NC(=O)c3ccccc3C(=O)O)c(F)c2)c1. The molecule has 0 aliphatic heterocycles. The molecule has 27 heavy (non-hydrogen) atoms. The van der Waals surface area contributed by atoms with E-state index in [-0.39, 0.29) is 11.1 Å². The van der Waals surface area contributed by atoms with Crippen LogP contribution >= 0.6 is 0 Å². The van der Waals surface area contributed by atoms with Crippen LogP contribution in [-0.4, -0.2) is 17.0 Å². The summed E-state index contributed by atoms with van der Waals surface area (Å²) < 4.78 is 28.9. The van der Waals surface area contributed by atoms with Crippen LogP contribution in [0.5, 0.6) is 0 Å². The van der Waals surface area contributed by atoms with Gasteiger partial charge in [-0.2, -0.15) is 0 Å². The molecule has 3 aromatic rings. The molecule has 0 aliphatic carbocycles. The molecule has 0 heterocycles. The fourth-order valence-corrected chi connectivity index (χ4v) is 2.73. The third-order valence-corrected chi connectivity index (χ3v) is 4.03. The van der Waals surface area contributed by atoms with Gasteiger partial charge < -0.3 is 10.4 Å². The third-order valence-electron chi connectivity index (χ3n) is 4.03. The van der Waals surface area contributed by atoms with Crippen LogP contribution in [0.15, 0.2) is 60.7 Å². The lowest BCUT2D eigenvalue weighted by Gasteiger charge is -2.11. The van der Waals surface area contributed by atoms with Gasteiger partial charge in [-0.25, -0.2) is 13.6 Å². The van der Waals surface area contributed by atoms with Crippen LogP contribution in [0, 0.1) is 18.6 Å². The molecule has 0 aliphatic rings.